The van der Waals surface area contributed by atoms with Crippen LogP contribution in [-0.4, -0.2) is 77.1 Å². The van der Waals surface area contributed by atoms with Crippen molar-refractivity contribution < 1.29 is 34.2 Å². The van der Waals surface area contributed by atoms with Gasteiger partial charge in [-0.15, -0.1) is 0 Å². The van der Waals surface area contributed by atoms with Crippen LogP contribution >= 0.6 is 0 Å². The zero-order valence-corrected chi connectivity index (χ0v) is 22.6. The molecule has 0 aliphatic heterocycles. The minimum Gasteiger partial charge on any atom is -0.508 e. The number of amides is 4. The molecule has 4 atom stereocenters. The van der Waals surface area contributed by atoms with Gasteiger partial charge < -0.3 is 49.1 Å². The molecule has 1 aromatic carbocycles. The number of carboxylic acids is 1. The van der Waals surface area contributed by atoms with Crippen molar-refractivity contribution >= 4 is 29.6 Å². The summed E-state index contributed by atoms with van der Waals surface area (Å²) in [4.78, 5) is 62.1. The maximum absolute atomic E-state index is 13.2. The van der Waals surface area contributed by atoms with Gasteiger partial charge in [-0.25, -0.2) is 4.79 Å². The summed E-state index contributed by atoms with van der Waals surface area (Å²) in [5.74, 6) is -4.01. The summed E-state index contributed by atoms with van der Waals surface area (Å²) >= 11 is 0. The molecular formula is C26H43N7O7. The number of hydrogen-bond acceptors (Lipinski definition) is 9. The molecule has 0 spiro atoms. The van der Waals surface area contributed by atoms with E-state index in [0.717, 1.165) is 0 Å². The van der Waals surface area contributed by atoms with E-state index in [1.54, 1.807) is 12.1 Å². The molecule has 40 heavy (non-hydrogen) atoms. The van der Waals surface area contributed by atoms with Crippen LogP contribution in [0.4, 0.5) is 0 Å². The number of nitrogens with one attached hydrogen (secondary N) is 3. The molecule has 0 fully saturated rings. The van der Waals surface area contributed by atoms with Crippen LogP contribution in [0.3, 0.4) is 0 Å². The van der Waals surface area contributed by atoms with E-state index in [1.165, 1.54) is 12.1 Å². The van der Waals surface area contributed by atoms with Crippen LogP contribution < -0.4 is 38.9 Å². The van der Waals surface area contributed by atoms with Crippen molar-refractivity contribution in [3.05, 3.63) is 29.8 Å². The number of carbonyl (C=O) groups is 5. The van der Waals surface area contributed by atoms with Crippen molar-refractivity contribution in [3.63, 3.8) is 0 Å². The third kappa shape index (κ3) is 13.4. The number of primary amides is 1. The molecule has 0 saturated carbocycles. The fourth-order valence-electron chi connectivity index (χ4n) is 3.87. The molecule has 14 heteroatoms. The van der Waals surface area contributed by atoms with Gasteiger partial charge in [0.1, 0.15) is 23.9 Å². The molecule has 0 aliphatic rings. The number of carboxylic acid groups (broad SMARTS) is 1. The molecule has 4 unspecified atom stereocenters. The Balaban J connectivity index is 2.99. The first-order valence-electron chi connectivity index (χ1n) is 13.3. The first-order valence-corrected chi connectivity index (χ1v) is 13.3. The minimum atomic E-state index is -1.28. The highest BCUT2D eigenvalue weighted by Crippen LogP contribution is 2.12. The summed E-state index contributed by atoms with van der Waals surface area (Å²) in [6.45, 7) is 0.737. The number of carbonyl (C=O) groups excluding carboxylic acids is 4. The number of phenolic OH excluding ortho intramolecular Hbond substituents is 1. The van der Waals surface area contributed by atoms with E-state index in [-0.39, 0.29) is 37.9 Å². The third-order valence-corrected chi connectivity index (χ3v) is 6.18. The van der Waals surface area contributed by atoms with Gasteiger partial charge >= 0.3 is 5.97 Å². The zero-order chi connectivity index (χ0) is 30.1. The Hall–Kier alpha value is -3.75. The Kier molecular flexibility index (Phi) is 15.9. The van der Waals surface area contributed by atoms with E-state index >= 15 is 0 Å². The van der Waals surface area contributed by atoms with Crippen LogP contribution in [0.15, 0.2) is 24.3 Å². The molecular weight excluding hydrogens is 522 g/mol. The van der Waals surface area contributed by atoms with Gasteiger partial charge in [0.25, 0.3) is 0 Å². The molecule has 14 nitrogen and oxygen atoms in total. The Bertz CT molecular complexity index is 975. The predicted octanol–water partition coefficient (Wildman–Crippen LogP) is -1.68. The Morgan fingerprint density at radius 2 is 1.20 bits per heavy atom. The molecule has 1 rings (SSSR count). The number of phenols is 1. The quantitative estimate of drug-likeness (QED) is 0.0810. The van der Waals surface area contributed by atoms with Crippen molar-refractivity contribution in [2.45, 2.75) is 82.0 Å². The van der Waals surface area contributed by atoms with Crippen molar-refractivity contribution in [2.75, 3.05) is 13.1 Å². The van der Waals surface area contributed by atoms with Crippen LogP contribution in [0.25, 0.3) is 0 Å². The smallest absolute Gasteiger partial charge is 0.326 e. The number of rotatable bonds is 20. The average molecular weight is 566 g/mol. The van der Waals surface area contributed by atoms with Crippen LogP contribution in [0.5, 0.6) is 5.75 Å². The lowest BCUT2D eigenvalue weighted by molar-refractivity contribution is -0.142. The second-order valence-electron chi connectivity index (χ2n) is 9.57. The standard InChI is InChI=1S/C26H43N7O7/c27-13-3-1-5-19(31-23(36)18(29)15-16-7-9-17(34)10-8-16)24(37)32-20(11-12-22(30)35)25(38)33-21(26(39)40)6-2-4-14-28/h7-10,18-21,34H,1-6,11-15,27-29H2,(H2,30,35)(H,31,36)(H,32,37)(H,33,38)(H,39,40). The van der Waals surface area contributed by atoms with Gasteiger partial charge in [-0.05, 0) is 82.2 Å². The van der Waals surface area contributed by atoms with Crippen molar-refractivity contribution in [1.29, 1.82) is 0 Å². The first kappa shape index (κ1) is 34.3. The molecule has 1 aromatic rings. The van der Waals surface area contributed by atoms with Gasteiger partial charge in [0, 0.05) is 6.42 Å². The lowest BCUT2D eigenvalue weighted by atomic mass is 10.0. The minimum absolute atomic E-state index is 0.0681. The van der Waals surface area contributed by atoms with Gasteiger partial charge in [0.15, 0.2) is 0 Å². The molecule has 0 saturated heterocycles. The van der Waals surface area contributed by atoms with Gasteiger partial charge in [-0.1, -0.05) is 12.1 Å². The second-order valence-corrected chi connectivity index (χ2v) is 9.57. The number of aromatic hydroxyl groups is 1. The van der Waals surface area contributed by atoms with Gasteiger partial charge in [-0.3, -0.25) is 19.2 Å². The van der Waals surface area contributed by atoms with E-state index in [9.17, 15) is 34.2 Å². The summed E-state index contributed by atoms with van der Waals surface area (Å²) in [7, 11) is 0. The van der Waals surface area contributed by atoms with Crippen LogP contribution in [0.1, 0.15) is 56.9 Å². The molecule has 4 amide bonds. The fraction of sp³-hybridized carbons (Fsp3) is 0.577. The third-order valence-electron chi connectivity index (χ3n) is 6.18. The number of benzene rings is 1. The summed E-state index contributed by atoms with van der Waals surface area (Å²) < 4.78 is 0. The predicted molar refractivity (Wildman–Crippen MR) is 147 cm³/mol. The van der Waals surface area contributed by atoms with Crippen molar-refractivity contribution in [2.24, 2.45) is 22.9 Å². The zero-order valence-electron chi connectivity index (χ0n) is 22.6. The summed E-state index contributed by atoms with van der Waals surface area (Å²) in [5, 5.41) is 26.5. The van der Waals surface area contributed by atoms with E-state index in [0.29, 0.717) is 44.3 Å². The largest absolute Gasteiger partial charge is 0.508 e. The molecule has 0 radical (unpaired) electrons. The average Bonchev–Trinajstić information content (AvgIpc) is 2.90. The summed E-state index contributed by atoms with van der Waals surface area (Å²) in [5.41, 5.74) is 23.0. The Morgan fingerprint density at radius 3 is 1.70 bits per heavy atom. The summed E-state index contributed by atoms with van der Waals surface area (Å²) in [6, 6.07) is 1.59. The number of nitrogens with two attached hydrogens (primary N) is 4. The molecule has 13 N–H and O–H groups in total. The van der Waals surface area contributed by atoms with Crippen molar-refractivity contribution in [3.8, 4) is 5.75 Å². The van der Waals surface area contributed by atoms with Crippen LogP contribution in [0, 0.1) is 0 Å². The number of aliphatic carboxylic acids is 1. The van der Waals surface area contributed by atoms with Gasteiger partial charge in [-0.2, -0.15) is 0 Å². The van der Waals surface area contributed by atoms with Crippen LogP contribution in [0.2, 0.25) is 0 Å². The molecule has 0 bridgehead atoms. The summed E-state index contributed by atoms with van der Waals surface area (Å²) in [6.07, 6.45) is 2.15. The molecule has 224 valence electrons. The SMILES string of the molecule is NCCCCC(NC(=O)C(CCC(N)=O)NC(=O)C(CCCCN)NC(=O)C(N)Cc1ccc(O)cc1)C(=O)O. The van der Waals surface area contributed by atoms with Crippen molar-refractivity contribution in [1.82, 2.24) is 16.0 Å². The molecule has 0 aromatic heterocycles. The molecule has 0 aliphatic carbocycles. The van der Waals surface area contributed by atoms with E-state index in [1.807, 2.05) is 0 Å². The number of unbranched alkanes of at least 4 members (excludes halogenated alkanes) is 2. The van der Waals surface area contributed by atoms with Crippen LogP contribution in [-0.2, 0) is 30.4 Å². The van der Waals surface area contributed by atoms with Gasteiger partial charge in [0.05, 0.1) is 6.04 Å². The Morgan fingerprint density at radius 1 is 0.725 bits per heavy atom. The highest BCUT2D eigenvalue weighted by Gasteiger charge is 2.30. The molecule has 0 heterocycles. The van der Waals surface area contributed by atoms with E-state index in [4.69, 9.17) is 22.9 Å². The maximum Gasteiger partial charge on any atom is 0.326 e. The first-order chi connectivity index (χ1) is 19.0. The van der Waals surface area contributed by atoms with E-state index in [2.05, 4.69) is 16.0 Å². The second kappa shape index (κ2) is 18.5. The maximum atomic E-state index is 13.2. The highest BCUT2D eigenvalue weighted by molar-refractivity contribution is 5.94. The lowest BCUT2D eigenvalue weighted by Gasteiger charge is -2.25. The fourth-order valence-corrected chi connectivity index (χ4v) is 3.87. The normalized spacial score (nSPS) is 13.9. The highest BCUT2D eigenvalue weighted by atomic mass is 16.4. The van der Waals surface area contributed by atoms with E-state index < -0.39 is 53.8 Å². The lowest BCUT2D eigenvalue weighted by Crippen LogP contribution is -2.57. The number of hydrogen-bond donors (Lipinski definition) is 9. The topological polar surface area (TPSA) is 266 Å². The van der Waals surface area contributed by atoms with Gasteiger partial charge in [0.2, 0.25) is 23.6 Å². The monoisotopic (exact) mass is 565 g/mol. The Labute approximate surface area is 233 Å².